The van der Waals surface area contributed by atoms with Crippen molar-refractivity contribution in [1.82, 2.24) is 10.3 Å². The van der Waals surface area contributed by atoms with E-state index in [0.717, 1.165) is 26.2 Å². The molecule has 2 saturated heterocycles. The van der Waals surface area contributed by atoms with Crippen LogP contribution in [0.5, 0.6) is 0 Å². The number of aromatic nitrogens is 1. The van der Waals surface area contributed by atoms with Gasteiger partial charge in [-0.1, -0.05) is 27.7 Å². The van der Waals surface area contributed by atoms with E-state index in [1.54, 1.807) is 0 Å². The van der Waals surface area contributed by atoms with Gasteiger partial charge in [-0.05, 0) is 19.4 Å². The molecule has 2 aliphatic heterocycles. The lowest BCUT2D eigenvalue weighted by Gasteiger charge is -2.31. The molecule has 0 aromatic carbocycles. The molecule has 1 N–H and O–H groups in total. The Hall–Kier alpha value is -0.650. The van der Waals surface area contributed by atoms with Gasteiger partial charge in [0.15, 0.2) is 5.13 Å². The Morgan fingerprint density at radius 2 is 1.95 bits per heavy atom. The van der Waals surface area contributed by atoms with Gasteiger partial charge >= 0.3 is 0 Å². The predicted molar refractivity (Wildman–Crippen MR) is 88.3 cm³/mol. The Labute approximate surface area is 131 Å². The van der Waals surface area contributed by atoms with E-state index in [1.807, 2.05) is 11.3 Å². The summed E-state index contributed by atoms with van der Waals surface area (Å²) in [5, 5.41) is 4.64. The summed E-state index contributed by atoms with van der Waals surface area (Å²) in [6, 6.07) is 0. The predicted octanol–water partition coefficient (Wildman–Crippen LogP) is 2.92. The van der Waals surface area contributed by atoms with Crippen LogP contribution >= 0.6 is 11.3 Å². The quantitative estimate of drug-likeness (QED) is 0.928. The van der Waals surface area contributed by atoms with E-state index in [9.17, 15) is 0 Å². The molecule has 2 aliphatic rings. The molecule has 2 bridgehead atoms. The topological polar surface area (TPSA) is 37.4 Å². The Bertz CT molecular complexity index is 482. The number of morpholine rings is 1. The standard InChI is InChI=1S/C16H27N3OS/c1-5-17-8-13-14(16(2,3)4)18-15(21-13)19-9-11-6-7-12(10-19)20-11/h11-12,17H,5-10H2,1-4H3. The first-order valence-corrected chi connectivity index (χ1v) is 8.90. The molecule has 3 heterocycles. The maximum absolute atomic E-state index is 5.94. The average molecular weight is 309 g/mol. The zero-order valence-corrected chi connectivity index (χ0v) is 14.4. The normalized spacial score (nSPS) is 25.6. The average Bonchev–Trinajstić information content (AvgIpc) is 2.99. The van der Waals surface area contributed by atoms with Gasteiger partial charge < -0.3 is 15.0 Å². The molecule has 2 fully saturated rings. The molecule has 118 valence electrons. The molecule has 1 aromatic rings. The molecule has 0 spiro atoms. The van der Waals surface area contributed by atoms with Crippen molar-refractivity contribution in [2.45, 2.75) is 64.7 Å². The number of thiazole rings is 1. The van der Waals surface area contributed by atoms with Crippen LogP contribution in [0.25, 0.3) is 0 Å². The van der Waals surface area contributed by atoms with Crippen molar-refractivity contribution in [3.8, 4) is 0 Å². The van der Waals surface area contributed by atoms with Crippen LogP contribution < -0.4 is 10.2 Å². The number of nitrogens with zero attached hydrogens (tertiary/aromatic N) is 2. The van der Waals surface area contributed by atoms with E-state index >= 15 is 0 Å². The lowest BCUT2D eigenvalue weighted by atomic mass is 9.91. The summed E-state index contributed by atoms with van der Waals surface area (Å²) < 4.78 is 5.94. The minimum atomic E-state index is 0.102. The van der Waals surface area contributed by atoms with Gasteiger partial charge in [-0.2, -0.15) is 0 Å². The second-order valence-corrected chi connectivity index (χ2v) is 8.22. The highest BCUT2D eigenvalue weighted by atomic mass is 32.1. The molecule has 0 aliphatic carbocycles. The summed E-state index contributed by atoms with van der Waals surface area (Å²) in [6.45, 7) is 12.9. The SMILES string of the molecule is CCNCc1sc(N2CC3CCC(C2)O3)nc1C(C)(C)C. The molecule has 21 heavy (non-hydrogen) atoms. The summed E-state index contributed by atoms with van der Waals surface area (Å²) in [5.41, 5.74) is 1.35. The third-order valence-corrected chi connectivity index (χ3v) is 5.36. The minimum absolute atomic E-state index is 0.102. The minimum Gasteiger partial charge on any atom is -0.371 e. The van der Waals surface area contributed by atoms with Crippen LogP contribution in [-0.4, -0.2) is 36.8 Å². The van der Waals surface area contributed by atoms with Gasteiger partial charge in [0.2, 0.25) is 0 Å². The molecule has 2 atom stereocenters. The highest BCUT2D eigenvalue weighted by molar-refractivity contribution is 7.15. The van der Waals surface area contributed by atoms with Crippen LogP contribution in [0, 0.1) is 0 Å². The van der Waals surface area contributed by atoms with E-state index in [1.165, 1.54) is 28.5 Å². The third kappa shape index (κ3) is 3.25. The summed E-state index contributed by atoms with van der Waals surface area (Å²) >= 11 is 1.86. The molecule has 1 aromatic heterocycles. The summed E-state index contributed by atoms with van der Waals surface area (Å²) in [4.78, 5) is 8.84. The Kier molecular flexibility index (Phi) is 4.26. The van der Waals surface area contributed by atoms with Gasteiger partial charge in [0.25, 0.3) is 0 Å². The van der Waals surface area contributed by atoms with Crippen molar-refractivity contribution in [3.05, 3.63) is 10.6 Å². The smallest absolute Gasteiger partial charge is 0.186 e. The number of rotatable bonds is 4. The number of hydrogen-bond acceptors (Lipinski definition) is 5. The number of ether oxygens (including phenoxy) is 1. The van der Waals surface area contributed by atoms with Crippen LogP contribution in [0.3, 0.4) is 0 Å². The first-order valence-electron chi connectivity index (χ1n) is 8.08. The van der Waals surface area contributed by atoms with E-state index in [-0.39, 0.29) is 5.41 Å². The highest BCUT2D eigenvalue weighted by Gasteiger charge is 2.35. The molecule has 2 unspecified atom stereocenters. The van der Waals surface area contributed by atoms with E-state index in [0.29, 0.717) is 12.2 Å². The fourth-order valence-electron chi connectivity index (χ4n) is 3.19. The maximum atomic E-state index is 5.94. The van der Waals surface area contributed by atoms with Gasteiger partial charge in [0, 0.05) is 29.9 Å². The molecule has 4 nitrogen and oxygen atoms in total. The van der Waals surface area contributed by atoms with Crippen LogP contribution in [0.2, 0.25) is 0 Å². The van der Waals surface area contributed by atoms with Crippen LogP contribution in [0.15, 0.2) is 0 Å². The largest absolute Gasteiger partial charge is 0.371 e. The molecule has 5 heteroatoms. The van der Waals surface area contributed by atoms with Crippen LogP contribution in [0.4, 0.5) is 5.13 Å². The molecular formula is C16H27N3OS. The highest BCUT2D eigenvalue weighted by Crippen LogP contribution is 2.36. The van der Waals surface area contributed by atoms with Gasteiger partial charge in [0.05, 0.1) is 17.9 Å². The molecule has 0 saturated carbocycles. The molecule has 0 radical (unpaired) electrons. The number of nitrogens with one attached hydrogen (secondary N) is 1. The molecule has 0 amide bonds. The van der Waals surface area contributed by atoms with Crippen LogP contribution in [-0.2, 0) is 16.7 Å². The first kappa shape index (κ1) is 15.3. The van der Waals surface area contributed by atoms with Crippen molar-refractivity contribution in [2.24, 2.45) is 0 Å². The fraction of sp³-hybridized carbons (Fsp3) is 0.812. The Morgan fingerprint density at radius 3 is 2.52 bits per heavy atom. The fourth-order valence-corrected chi connectivity index (χ4v) is 4.45. The van der Waals surface area contributed by atoms with Gasteiger partial charge in [0.1, 0.15) is 0 Å². The van der Waals surface area contributed by atoms with Crippen LogP contribution in [0.1, 0.15) is 51.1 Å². The maximum Gasteiger partial charge on any atom is 0.186 e. The lowest BCUT2D eigenvalue weighted by Crippen LogP contribution is -2.42. The van der Waals surface area contributed by atoms with Gasteiger partial charge in [-0.3, -0.25) is 0 Å². The summed E-state index contributed by atoms with van der Waals surface area (Å²) in [7, 11) is 0. The summed E-state index contributed by atoms with van der Waals surface area (Å²) in [6.07, 6.45) is 3.26. The zero-order valence-electron chi connectivity index (χ0n) is 13.6. The van der Waals surface area contributed by atoms with E-state index in [4.69, 9.17) is 9.72 Å². The van der Waals surface area contributed by atoms with Crippen molar-refractivity contribution < 1.29 is 4.74 Å². The first-order chi connectivity index (χ1) is 9.97. The lowest BCUT2D eigenvalue weighted by molar-refractivity contribution is 0.0304. The van der Waals surface area contributed by atoms with E-state index < -0.39 is 0 Å². The number of hydrogen-bond donors (Lipinski definition) is 1. The summed E-state index contributed by atoms with van der Waals surface area (Å²) in [5.74, 6) is 0. The van der Waals surface area contributed by atoms with Crippen molar-refractivity contribution in [3.63, 3.8) is 0 Å². The molecule has 3 rings (SSSR count). The van der Waals surface area contributed by atoms with Crippen molar-refractivity contribution in [1.29, 1.82) is 0 Å². The Balaban J connectivity index is 1.83. The van der Waals surface area contributed by atoms with E-state index in [2.05, 4.69) is 37.9 Å². The monoisotopic (exact) mass is 309 g/mol. The molecular weight excluding hydrogens is 282 g/mol. The second-order valence-electron chi connectivity index (χ2n) is 7.16. The van der Waals surface area contributed by atoms with Crippen molar-refractivity contribution >= 4 is 16.5 Å². The Morgan fingerprint density at radius 1 is 1.29 bits per heavy atom. The van der Waals surface area contributed by atoms with Gasteiger partial charge in [-0.15, -0.1) is 11.3 Å². The second kappa shape index (κ2) is 5.86. The van der Waals surface area contributed by atoms with Crippen molar-refractivity contribution in [2.75, 3.05) is 24.5 Å². The zero-order chi connectivity index (χ0) is 15.0. The number of anilines is 1. The van der Waals surface area contributed by atoms with Gasteiger partial charge in [-0.25, -0.2) is 4.98 Å². The third-order valence-electron chi connectivity index (χ3n) is 4.25. The number of fused-ring (bicyclic) bond motifs is 2.